The minimum Gasteiger partial charge on any atom is -0.404 e. The lowest BCUT2D eigenvalue weighted by atomic mass is 9.90. The van der Waals surface area contributed by atoms with Gasteiger partial charge in [0.15, 0.2) is 0 Å². The Morgan fingerprint density at radius 1 is 1.20 bits per heavy atom. The number of thiazole rings is 1. The minimum atomic E-state index is -0.330. The van der Waals surface area contributed by atoms with Crippen molar-refractivity contribution in [3.63, 3.8) is 0 Å². The molecule has 3 nitrogen and oxygen atoms in total. The van der Waals surface area contributed by atoms with Gasteiger partial charge in [-0.3, -0.25) is 4.98 Å². The molecule has 1 aromatic heterocycles. The van der Waals surface area contributed by atoms with Crippen LogP contribution in [0.25, 0.3) is 0 Å². The summed E-state index contributed by atoms with van der Waals surface area (Å²) in [6.07, 6.45) is 2.12. The molecule has 0 spiro atoms. The average Bonchev–Trinajstić information content (AvgIpc) is 2.48. The molecule has 0 atom stereocenters. The van der Waals surface area contributed by atoms with Crippen molar-refractivity contribution in [2.24, 2.45) is 0 Å². The fraction of sp³-hybridized carbons (Fsp3) is 0.700. The normalized spacial score (nSPS) is 11.4. The van der Waals surface area contributed by atoms with E-state index in [2.05, 4.69) is 4.98 Å². The number of nitrogens with zero attached hydrogens (tertiary/aromatic N) is 1. The van der Waals surface area contributed by atoms with E-state index in [-0.39, 0.29) is 19.3 Å². The summed E-state index contributed by atoms with van der Waals surface area (Å²) in [6, 6.07) is 0. The molecule has 1 rings (SSSR count). The van der Waals surface area contributed by atoms with Crippen LogP contribution in [0.15, 0.2) is 6.20 Å². The zero-order valence-electron chi connectivity index (χ0n) is 9.98. The molecular formula is C10H18BNO2S. The van der Waals surface area contributed by atoms with Gasteiger partial charge < -0.3 is 9.31 Å². The third-order valence-corrected chi connectivity index (χ3v) is 2.57. The predicted octanol–water partition coefficient (Wildman–Crippen LogP) is 2.00. The fourth-order valence-electron chi connectivity index (χ4n) is 1.12. The van der Waals surface area contributed by atoms with E-state index < -0.39 is 0 Å². The van der Waals surface area contributed by atoms with Crippen LogP contribution in [0.5, 0.6) is 0 Å². The van der Waals surface area contributed by atoms with Crippen LogP contribution in [-0.4, -0.2) is 24.3 Å². The van der Waals surface area contributed by atoms with Gasteiger partial charge in [0.05, 0.1) is 0 Å². The van der Waals surface area contributed by atoms with Crippen molar-refractivity contribution in [1.29, 1.82) is 0 Å². The molecule has 0 fully saturated rings. The van der Waals surface area contributed by atoms with Crippen LogP contribution in [0, 0.1) is 6.92 Å². The summed E-state index contributed by atoms with van der Waals surface area (Å²) >= 11 is 1.62. The second-order valence-electron chi connectivity index (χ2n) is 4.01. The molecule has 84 valence electrons. The first-order valence-electron chi connectivity index (χ1n) is 5.22. The van der Waals surface area contributed by atoms with Crippen LogP contribution in [0.1, 0.15) is 32.6 Å². The monoisotopic (exact) mass is 227 g/mol. The summed E-state index contributed by atoms with van der Waals surface area (Å²) in [4.78, 5) is 6.36. The van der Waals surface area contributed by atoms with Crippen LogP contribution in [0.2, 0.25) is 0 Å². The highest BCUT2D eigenvalue weighted by Gasteiger charge is 2.27. The molecule has 0 aliphatic heterocycles. The smallest absolute Gasteiger partial charge is 0.404 e. The minimum absolute atomic E-state index is 0.137. The first-order valence-corrected chi connectivity index (χ1v) is 6.04. The van der Waals surface area contributed by atoms with Gasteiger partial charge in [-0.25, -0.2) is 0 Å². The van der Waals surface area contributed by atoms with E-state index in [0.717, 1.165) is 4.91 Å². The molecule has 0 bridgehead atoms. The van der Waals surface area contributed by atoms with Crippen molar-refractivity contribution in [3.8, 4) is 0 Å². The summed E-state index contributed by atoms with van der Waals surface area (Å²) in [5.41, 5.74) is 0. The standard InChI is InChI=1S/C10H18BNO2S/c1-7(2)13-11(14-8(3)4)10-12-6-9(5)15-10/h6-8H,1-5H3. The Kier molecular flexibility index (Phi) is 4.76. The van der Waals surface area contributed by atoms with Crippen LogP contribution in [-0.2, 0) is 9.31 Å². The van der Waals surface area contributed by atoms with E-state index in [1.807, 2.05) is 40.8 Å². The average molecular weight is 227 g/mol. The van der Waals surface area contributed by atoms with Gasteiger partial charge in [0.1, 0.15) is 4.91 Å². The second-order valence-corrected chi connectivity index (χ2v) is 5.28. The molecule has 0 saturated carbocycles. The van der Waals surface area contributed by atoms with Gasteiger partial charge in [0.2, 0.25) is 0 Å². The molecule has 0 unspecified atom stereocenters. The maximum atomic E-state index is 5.69. The van der Waals surface area contributed by atoms with Crippen molar-refractivity contribution in [2.45, 2.75) is 46.8 Å². The lowest BCUT2D eigenvalue weighted by molar-refractivity contribution is 0.139. The van der Waals surface area contributed by atoms with E-state index in [0.29, 0.717) is 0 Å². The van der Waals surface area contributed by atoms with E-state index in [4.69, 9.17) is 9.31 Å². The predicted molar refractivity (Wildman–Crippen MR) is 64.7 cm³/mol. The Bertz CT molecular complexity index is 291. The zero-order chi connectivity index (χ0) is 11.4. The van der Waals surface area contributed by atoms with Gasteiger partial charge >= 0.3 is 7.12 Å². The third-order valence-electron chi connectivity index (χ3n) is 1.63. The summed E-state index contributed by atoms with van der Waals surface area (Å²) in [7, 11) is -0.330. The molecule has 0 radical (unpaired) electrons. The Hall–Kier alpha value is -0.385. The van der Waals surface area contributed by atoms with Gasteiger partial charge in [0.25, 0.3) is 0 Å². The van der Waals surface area contributed by atoms with Crippen molar-refractivity contribution >= 4 is 23.4 Å². The summed E-state index contributed by atoms with van der Waals surface area (Å²) in [5.74, 6) is 0. The quantitative estimate of drug-likeness (QED) is 0.721. The van der Waals surface area contributed by atoms with Crippen LogP contribution in [0.4, 0.5) is 0 Å². The van der Waals surface area contributed by atoms with Gasteiger partial charge in [0, 0.05) is 23.3 Å². The Balaban J connectivity index is 2.71. The van der Waals surface area contributed by atoms with Crippen molar-refractivity contribution in [2.75, 3.05) is 0 Å². The molecule has 1 heterocycles. The molecule has 0 aromatic carbocycles. The Morgan fingerprint density at radius 2 is 1.73 bits per heavy atom. The number of rotatable bonds is 5. The topological polar surface area (TPSA) is 31.4 Å². The molecule has 0 amide bonds. The maximum absolute atomic E-state index is 5.69. The molecule has 1 aromatic rings. The molecule has 15 heavy (non-hydrogen) atoms. The molecule has 5 heteroatoms. The van der Waals surface area contributed by atoms with Crippen LogP contribution < -0.4 is 4.91 Å². The van der Waals surface area contributed by atoms with E-state index >= 15 is 0 Å². The highest BCUT2D eigenvalue weighted by molar-refractivity contribution is 7.21. The molecule has 0 saturated heterocycles. The largest absolute Gasteiger partial charge is 0.524 e. The van der Waals surface area contributed by atoms with Crippen LogP contribution in [0.3, 0.4) is 0 Å². The van der Waals surface area contributed by atoms with E-state index in [1.54, 1.807) is 11.3 Å². The van der Waals surface area contributed by atoms with Gasteiger partial charge in [-0.15, -0.1) is 11.3 Å². The number of hydrogen-bond acceptors (Lipinski definition) is 4. The van der Waals surface area contributed by atoms with Crippen molar-refractivity contribution in [1.82, 2.24) is 4.98 Å². The first kappa shape index (κ1) is 12.7. The van der Waals surface area contributed by atoms with Crippen LogP contribution >= 0.6 is 11.3 Å². The highest BCUT2D eigenvalue weighted by atomic mass is 32.1. The molecule has 0 N–H and O–H groups in total. The summed E-state index contributed by atoms with van der Waals surface area (Å²) in [5, 5.41) is 0. The number of hydrogen-bond donors (Lipinski definition) is 0. The lowest BCUT2D eigenvalue weighted by Crippen LogP contribution is -2.40. The summed E-state index contributed by atoms with van der Waals surface area (Å²) in [6.45, 7) is 10.0. The highest BCUT2D eigenvalue weighted by Crippen LogP contribution is 2.07. The van der Waals surface area contributed by atoms with Crippen molar-refractivity contribution in [3.05, 3.63) is 11.1 Å². The number of aryl methyl sites for hydroxylation is 1. The third kappa shape index (κ3) is 4.32. The fourth-order valence-corrected chi connectivity index (χ4v) is 1.87. The zero-order valence-corrected chi connectivity index (χ0v) is 10.8. The Labute approximate surface area is 96.0 Å². The lowest BCUT2D eigenvalue weighted by Gasteiger charge is -2.17. The number of aromatic nitrogens is 1. The van der Waals surface area contributed by atoms with Gasteiger partial charge in [-0.2, -0.15) is 0 Å². The van der Waals surface area contributed by atoms with E-state index in [9.17, 15) is 0 Å². The van der Waals surface area contributed by atoms with E-state index in [1.165, 1.54) is 4.88 Å². The molecule has 0 aliphatic rings. The first-order chi connectivity index (χ1) is 6.99. The summed E-state index contributed by atoms with van der Waals surface area (Å²) < 4.78 is 11.4. The van der Waals surface area contributed by atoms with Gasteiger partial charge in [-0.05, 0) is 34.6 Å². The van der Waals surface area contributed by atoms with Crippen molar-refractivity contribution < 1.29 is 9.31 Å². The SMILES string of the molecule is Cc1cnc(B(OC(C)C)OC(C)C)s1. The molecule has 0 aliphatic carbocycles. The Morgan fingerprint density at radius 3 is 2.07 bits per heavy atom. The second kappa shape index (κ2) is 5.63. The van der Waals surface area contributed by atoms with Gasteiger partial charge in [-0.1, -0.05) is 0 Å². The maximum Gasteiger partial charge on any atom is 0.524 e. The molecular weight excluding hydrogens is 209 g/mol.